The first-order valence-corrected chi connectivity index (χ1v) is 8.91. The number of alkyl halides is 3. The van der Waals surface area contributed by atoms with E-state index in [-0.39, 0.29) is 30.9 Å². The Morgan fingerprint density at radius 3 is 2.39 bits per heavy atom. The van der Waals surface area contributed by atoms with Crippen molar-refractivity contribution in [2.24, 2.45) is 5.41 Å². The molecule has 2 heterocycles. The van der Waals surface area contributed by atoms with Crippen LogP contribution in [-0.4, -0.2) is 42.1 Å². The number of hydrogen-bond donors (Lipinski definition) is 0. The van der Waals surface area contributed by atoms with Crippen LogP contribution >= 0.6 is 0 Å². The van der Waals surface area contributed by atoms with Gasteiger partial charge in [0.25, 0.3) is 0 Å². The minimum Gasteiger partial charge on any atom is -0.461 e. The summed E-state index contributed by atoms with van der Waals surface area (Å²) in [5, 5.41) is 3.70. The third kappa shape index (κ3) is 5.03. The number of nitrogens with zero attached hydrogens (tertiary/aromatic N) is 1. The van der Waals surface area contributed by atoms with E-state index in [9.17, 15) is 22.8 Å². The van der Waals surface area contributed by atoms with Crippen LogP contribution in [-0.2, 0) is 19.0 Å². The van der Waals surface area contributed by atoms with Crippen molar-refractivity contribution >= 4 is 11.9 Å². The highest BCUT2D eigenvalue weighted by Gasteiger charge is 2.46. The molecule has 28 heavy (non-hydrogen) atoms. The molecule has 1 aliphatic rings. The molecule has 0 saturated carbocycles. The molecule has 0 radical (unpaired) electrons. The van der Waals surface area contributed by atoms with Crippen molar-refractivity contribution in [3.63, 3.8) is 0 Å². The summed E-state index contributed by atoms with van der Waals surface area (Å²) in [5.41, 5.74) is -0.0829. The molecule has 7 nitrogen and oxygen atoms in total. The largest absolute Gasteiger partial charge is 0.490 e. The van der Waals surface area contributed by atoms with Gasteiger partial charge >= 0.3 is 18.1 Å². The van der Waals surface area contributed by atoms with Crippen LogP contribution in [0.15, 0.2) is 4.52 Å². The lowest BCUT2D eigenvalue weighted by Gasteiger charge is -2.40. The average Bonchev–Trinajstić information content (AvgIpc) is 2.94. The van der Waals surface area contributed by atoms with Gasteiger partial charge in [-0.05, 0) is 19.3 Å². The van der Waals surface area contributed by atoms with Crippen LogP contribution in [0.5, 0.6) is 0 Å². The van der Waals surface area contributed by atoms with Crippen LogP contribution in [0.3, 0.4) is 0 Å². The van der Waals surface area contributed by atoms with Gasteiger partial charge in [-0.15, -0.1) is 0 Å². The maximum atomic E-state index is 12.6. The standard InChI is InChI=1S/C18H24F3NO6/c1-6-25-15(23)13-9(2)14(28-22-13)11-7-10(26-16(24)18(19,20)21)8-12(27-11)17(3,4)5/h10-12H,6-8H2,1-5H3/t10-,11+,12-/m0/s1. The van der Waals surface area contributed by atoms with Crippen LogP contribution in [0.1, 0.15) is 68.5 Å². The predicted octanol–water partition coefficient (Wildman–Crippen LogP) is 3.90. The average molecular weight is 407 g/mol. The van der Waals surface area contributed by atoms with E-state index in [0.717, 1.165) is 0 Å². The summed E-state index contributed by atoms with van der Waals surface area (Å²) in [4.78, 5) is 23.2. The monoisotopic (exact) mass is 407 g/mol. The number of carbonyl (C=O) groups excluding carboxylic acids is 2. The first-order valence-electron chi connectivity index (χ1n) is 8.91. The Morgan fingerprint density at radius 1 is 1.21 bits per heavy atom. The van der Waals surface area contributed by atoms with Gasteiger partial charge in [-0.25, -0.2) is 9.59 Å². The second-order valence-electron chi connectivity index (χ2n) is 7.72. The van der Waals surface area contributed by atoms with E-state index in [4.69, 9.17) is 14.0 Å². The summed E-state index contributed by atoms with van der Waals surface area (Å²) in [7, 11) is 0. The van der Waals surface area contributed by atoms with Crippen molar-refractivity contribution in [3.05, 3.63) is 17.0 Å². The zero-order valence-electron chi connectivity index (χ0n) is 16.4. The molecule has 1 fully saturated rings. The molecule has 0 spiro atoms. The summed E-state index contributed by atoms with van der Waals surface area (Å²) in [6.07, 6.45) is -7.36. The molecule has 10 heteroatoms. The van der Waals surface area contributed by atoms with Gasteiger partial charge in [0.2, 0.25) is 0 Å². The van der Waals surface area contributed by atoms with Crippen molar-refractivity contribution in [1.82, 2.24) is 5.16 Å². The van der Waals surface area contributed by atoms with Gasteiger partial charge in [0, 0.05) is 18.4 Å². The van der Waals surface area contributed by atoms with Crippen LogP contribution in [0.2, 0.25) is 0 Å². The lowest BCUT2D eigenvalue weighted by atomic mass is 9.82. The lowest BCUT2D eigenvalue weighted by molar-refractivity contribution is -0.216. The second kappa shape index (κ2) is 8.10. The van der Waals surface area contributed by atoms with Gasteiger partial charge in [0.1, 0.15) is 12.2 Å². The predicted molar refractivity (Wildman–Crippen MR) is 89.4 cm³/mol. The van der Waals surface area contributed by atoms with E-state index in [1.54, 1.807) is 13.8 Å². The normalized spacial score (nSPS) is 23.4. The molecule has 0 aliphatic carbocycles. The molecule has 0 amide bonds. The number of halogens is 3. The van der Waals surface area contributed by atoms with Crippen molar-refractivity contribution in [2.75, 3.05) is 6.61 Å². The molecule has 1 aromatic rings. The number of hydrogen-bond acceptors (Lipinski definition) is 7. The maximum Gasteiger partial charge on any atom is 0.490 e. The Morgan fingerprint density at radius 2 is 1.86 bits per heavy atom. The number of ether oxygens (including phenoxy) is 3. The number of aromatic nitrogens is 1. The molecular weight excluding hydrogens is 383 g/mol. The van der Waals surface area contributed by atoms with Crippen LogP contribution in [0.25, 0.3) is 0 Å². The topological polar surface area (TPSA) is 87.9 Å². The fourth-order valence-corrected chi connectivity index (χ4v) is 2.96. The maximum absolute atomic E-state index is 12.6. The number of esters is 2. The smallest absolute Gasteiger partial charge is 0.461 e. The Kier molecular flexibility index (Phi) is 6.42. The van der Waals surface area contributed by atoms with Gasteiger partial charge < -0.3 is 18.7 Å². The highest BCUT2D eigenvalue weighted by molar-refractivity contribution is 5.88. The Bertz CT molecular complexity index is 722. The molecule has 1 aliphatic heterocycles. The molecule has 1 saturated heterocycles. The highest BCUT2D eigenvalue weighted by atomic mass is 19.4. The second-order valence-corrected chi connectivity index (χ2v) is 7.72. The van der Waals surface area contributed by atoms with Crippen molar-refractivity contribution in [3.8, 4) is 0 Å². The van der Waals surface area contributed by atoms with E-state index in [0.29, 0.717) is 5.56 Å². The third-order valence-electron chi connectivity index (χ3n) is 4.47. The Hall–Kier alpha value is -2.10. The van der Waals surface area contributed by atoms with E-state index in [1.165, 1.54) is 0 Å². The summed E-state index contributed by atoms with van der Waals surface area (Å²) in [5.74, 6) is -2.71. The van der Waals surface area contributed by atoms with Crippen LogP contribution < -0.4 is 0 Å². The molecule has 158 valence electrons. The minimum absolute atomic E-state index is 0.0258. The highest BCUT2D eigenvalue weighted by Crippen LogP contribution is 2.41. The summed E-state index contributed by atoms with van der Waals surface area (Å²) in [6.45, 7) is 8.97. The Labute approximate surface area is 160 Å². The zero-order valence-corrected chi connectivity index (χ0v) is 16.4. The summed E-state index contributed by atoms with van der Waals surface area (Å²) in [6, 6.07) is 0. The third-order valence-corrected chi connectivity index (χ3v) is 4.47. The summed E-state index contributed by atoms with van der Waals surface area (Å²) < 4.78 is 58.6. The van der Waals surface area contributed by atoms with Gasteiger partial charge in [0.15, 0.2) is 11.5 Å². The quantitative estimate of drug-likeness (QED) is 0.700. The zero-order chi connectivity index (χ0) is 21.3. The fourth-order valence-electron chi connectivity index (χ4n) is 2.96. The van der Waals surface area contributed by atoms with E-state index in [2.05, 4.69) is 9.89 Å². The summed E-state index contributed by atoms with van der Waals surface area (Å²) >= 11 is 0. The molecule has 0 N–H and O–H groups in total. The lowest BCUT2D eigenvalue weighted by Crippen LogP contribution is -2.42. The SMILES string of the molecule is CCOC(=O)c1noc([C@H]2C[C@H](OC(=O)C(F)(F)F)C[C@@H](C(C)(C)C)O2)c1C. The van der Waals surface area contributed by atoms with Gasteiger partial charge in [-0.2, -0.15) is 13.2 Å². The van der Waals surface area contributed by atoms with Crippen molar-refractivity contribution in [2.45, 2.75) is 71.9 Å². The molecule has 2 rings (SSSR count). The first-order chi connectivity index (χ1) is 12.8. The molecular formula is C18H24F3NO6. The number of carbonyl (C=O) groups is 2. The molecule has 0 aromatic carbocycles. The van der Waals surface area contributed by atoms with Gasteiger partial charge in [-0.3, -0.25) is 0 Å². The van der Waals surface area contributed by atoms with Crippen molar-refractivity contribution < 1.29 is 41.5 Å². The van der Waals surface area contributed by atoms with E-state index < -0.39 is 41.8 Å². The number of rotatable bonds is 4. The van der Waals surface area contributed by atoms with Crippen LogP contribution in [0, 0.1) is 12.3 Å². The van der Waals surface area contributed by atoms with E-state index in [1.807, 2.05) is 20.8 Å². The molecule has 3 atom stereocenters. The molecule has 0 bridgehead atoms. The van der Waals surface area contributed by atoms with Crippen molar-refractivity contribution in [1.29, 1.82) is 0 Å². The molecule has 1 aromatic heterocycles. The van der Waals surface area contributed by atoms with E-state index >= 15 is 0 Å². The first kappa shape index (κ1) is 22.2. The fraction of sp³-hybridized carbons (Fsp3) is 0.722. The van der Waals surface area contributed by atoms with Crippen LogP contribution in [0.4, 0.5) is 13.2 Å². The Balaban J connectivity index is 2.28. The molecule has 0 unspecified atom stereocenters. The van der Waals surface area contributed by atoms with Gasteiger partial charge in [0.05, 0.1) is 12.7 Å². The minimum atomic E-state index is -5.08. The van der Waals surface area contributed by atoms with Gasteiger partial charge in [-0.1, -0.05) is 25.9 Å².